The molecule has 0 aliphatic heterocycles. The lowest BCUT2D eigenvalue weighted by molar-refractivity contribution is -0.432. The maximum atomic E-state index is 13.7. The first-order chi connectivity index (χ1) is 21.2. The number of carbonyl (C=O) groups is 2. The van der Waals surface area contributed by atoms with Crippen molar-refractivity contribution in [1.29, 1.82) is 0 Å². The number of carboxylic acids is 1. The van der Waals surface area contributed by atoms with Gasteiger partial charge in [-0.2, -0.15) is 13.1 Å². The van der Waals surface area contributed by atoms with E-state index in [1.54, 1.807) is 6.92 Å². The molecule has 242 valence electrons. The van der Waals surface area contributed by atoms with Gasteiger partial charge in [-0.15, -0.1) is 4.33 Å². The van der Waals surface area contributed by atoms with Gasteiger partial charge in [0.05, 0.1) is 16.9 Å². The zero-order valence-electron chi connectivity index (χ0n) is 23.9. The van der Waals surface area contributed by atoms with E-state index in [4.69, 9.17) is 11.0 Å². The summed E-state index contributed by atoms with van der Waals surface area (Å²) in [7, 11) is -9.30. The molecule has 14 nitrogen and oxygen atoms in total. The van der Waals surface area contributed by atoms with Crippen molar-refractivity contribution in [3.05, 3.63) is 48.6 Å². The quantitative estimate of drug-likeness (QED) is 0.0136. The summed E-state index contributed by atoms with van der Waals surface area (Å²) < 4.78 is 68.7. The van der Waals surface area contributed by atoms with Gasteiger partial charge >= 0.3 is 5.97 Å². The van der Waals surface area contributed by atoms with Crippen molar-refractivity contribution in [2.45, 2.75) is 53.3 Å². The monoisotopic (exact) mass is 681 g/mol. The van der Waals surface area contributed by atoms with Crippen molar-refractivity contribution in [3.8, 4) is 0 Å². The molecule has 4 aromatic rings. The van der Waals surface area contributed by atoms with Crippen LogP contribution in [0.1, 0.15) is 32.6 Å². The van der Waals surface area contributed by atoms with Crippen LogP contribution in [0.2, 0.25) is 0 Å². The lowest BCUT2D eigenvalue weighted by Crippen LogP contribution is -2.40. The Morgan fingerprint density at radius 3 is 2.22 bits per heavy atom. The Morgan fingerprint density at radius 1 is 0.978 bits per heavy atom. The zero-order chi connectivity index (χ0) is 33.1. The minimum Gasteiger partial charge on any atom is -0.480 e. The topological polar surface area (TPSA) is 232 Å². The van der Waals surface area contributed by atoms with E-state index in [9.17, 15) is 36.1 Å². The Morgan fingerprint density at radius 2 is 1.60 bits per heavy atom. The van der Waals surface area contributed by atoms with Gasteiger partial charge in [-0.1, -0.05) is 42.3 Å². The third-order valence-corrected chi connectivity index (χ3v) is 10.3. The molecule has 0 aromatic heterocycles. The van der Waals surface area contributed by atoms with Gasteiger partial charge in [0.1, 0.15) is 10.9 Å². The zero-order valence-corrected chi connectivity index (χ0v) is 26.4. The van der Waals surface area contributed by atoms with E-state index in [0.29, 0.717) is 54.3 Å². The third-order valence-electron chi connectivity index (χ3n) is 7.24. The fourth-order valence-electron chi connectivity index (χ4n) is 5.10. The number of benzene rings is 4. The second kappa shape index (κ2) is 13.9. The summed E-state index contributed by atoms with van der Waals surface area (Å²) in [6, 6.07) is 6.68. The molecule has 1 atom stereocenters. The molecular weight excluding hydrogens is 651 g/mol. The first-order valence-electron chi connectivity index (χ1n) is 13.5. The molecule has 0 heterocycles. The highest BCUT2D eigenvalue weighted by Crippen LogP contribution is 2.45. The van der Waals surface area contributed by atoms with E-state index < -0.39 is 37.0 Å². The van der Waals surface area contributed by atoms with Gasteiger partial charge in [-0.05, 0) is 49.4 Å². The average Bonchev–Trinajstić information content (AvgIpc) is 2.97. The number of nitrogens with one attached hydrogen (secondary N) is 2. The van der Waals surface area contributed by atoms with Crippen molar-refractivity contribution in [2.24, 2.45) is 0 Å². The van der Waals surface area contributed by atoms with Crippen LogP contribution in [0.3, 0.4) is 0 Å². The molecule has 7 N–H and O–H groups in total. The molecule has 0 fully saturated rings. The standard InChI is InChI=1S/C28H31N3O11S3/c1-15(2)22(32)10-12-30-11-4-3-5-21(28(33)34)31-44(36,37)24-13-20(29)16-6-8-19-25(45(38,39)40)14-23(43-42-41-35)17-7-9-18(24)26(16)27(17)19/h6-9,13-14,21,30-31,35H,1,3-5,10-12,29H2,2H3,(H,33,34)(H,38,39,40). The highest BCUT2D eigenvalue weighted by molar-refractivity contribution is 7.94. The molecule has 0 radical (unpaired) electrons. The van der Waals surface area contributed by atoms with E-state index in [2.05, 4.69) is 26.0 Å². The predicted molar refractivity (Wildman–Crippen MR) is 168 cm³/mol. The number of sulfonamides is 1. The fraction of sp³-hybridized carbons (Fsp3) is 0.286. The summed E-state index contributed by atoms with van der Waals surface area (Å²) in [6.07, 6.45) is 1.16. The number of carbonyl (C=O) groups excluding carboxylic acids is 1. The summed E-state index contributed by atoms with van der Waals surface area (Å²) in [5.74, 6) is -1.44. The van der Waals surface area contributed by atoms with Gasteiger partial charge in [0.2, 0.25) is 10.0 Å². The Balaban J connectivity index is 1.68. The van der Waals surface area contributed by atoms with Crippen molar-refractivity contribution in [3.63, 3.8) is 0 Å². The van der Waals surface area contributed by atoms with Crippen LogP contribution >= 0.6 is 12.0 Å². The van der Waals surface area contributed by atoms with Gasteiger partial charge in [-0.25, -0.2) is 13.7 Å². The second-order valence-electron chi connectivity index (χ2n) is 10.3. The molecule has 0 aliphatic carbocycles. The van der Waals surface area contributed by atoms with E-state index in [1.807, 2.05) is 0 Å². The van der Waals surface area contributed by atoms with E-state index >= 15 is 0 Å². The maximum absolute atomic E-state index is 13.7. The van der Waals surface area contributed by atoms with E-state index in [1.165, 1.54) is 30.3 Å². The number of nitrogens with two attached hydrogens (primary N) is 1. The van der Waals surface area contributed by atoms with Crippen LogP contribution in [0.5, 0.6) is 0 Å². The van der Waals surface area contributed by atoms with Crippen LogP contribution in [-0.2, 0) is 39.1 Å². The van der Waals surface area contributed by atoms with Crippen molar-refractivity contribution in [2.75, 3.05) is 18.8 Å². The summed E-state index contributed by atoms with van der Waals surface area (Å²) in [4.78, 5) is 22.9. The highest BCUT2D eigenvalue weighted by Gasteiger charge is 2.29. The number of allylic oxidation sites excluding steroid dienone is 1. The number of Topliss-reactive ketones (excluding diaryl/α,β-unsaturated/α-hetero) is 1. The number of anilines is 1. The molecule has 4 rings (SSSR count). The SMILES string of the molecule is C=C(C)C(=O)CCNCCCCC(NS(=O)(=O)c1cc(N)c2ccc3c(S(=O)(=O)O)cc(SOOO)c4ccc1c2c43)C(=O)O. The van der Waals surface area contributed by atoms with Crippen molar-refractivity contribution < 1.29 is 50.7 Å². The van der Waals surface area contributed by atoms with Gasteiger partial charge in [-0.3, -0.25) is 14.1 Å². The highest BCUT2D eigenvalue weighted by atomic mass is 32.2. The molecule has 0 saturated carbocycles. The largest absolute Gasteiger partial charge is 0.480 e. The third kappa shape index (κ3) is 7.54. The van der Waals surface area contributed by atoms with Crippen LogP contribution in [0.15, 0.2) is 63.2 Å². The minimum atomic E-state index is -4.80. The number of aliphatic carboxylic acids is 1. The minimum absolute atomic E-state index is 0.0155. The van der Waals surface area contributed by atoms with Crippen LogP contribution < -0.4 is 15.8 Å². The van der Waals surface area contributed by atoms with E-state index in [-0.39, 0.29) is 55.6 Å². The van der Waals surface area contributed by atoms with E-state index in [0.717, 1.165) is 6.07 Å². The molecule has 45 heavy (non-hydrogen) atoms. The summed E-state index contributed by atoms with van der Waals surface area (Å²) in [6.45, 7) is 6.16. The number of nitrogen functional groups attached to an aromatic ring is 1. The average molecular weight is 682 g/mol. The van der Waals surface area contributed by atoms with Gasteiger partial charge in [0.15, 0.2) is 5.78 Å². The Hall–Kier alpha value is -3.39. The lowest BCUT2D eigenvalue weighted by atomic mass is 9.93. The van der Waals surface area contributed by atoms with Gasteiger partial charge in [0.25, 0.3) is 10.1 Å². The molecule has 1 unspecified atom stereocenters. The lowest BCUT2D eigenvalue weighted by Gasteiger charge is -2.20. The molecule has 0 spiro atoms. The number of rotatable bonds is 17. The number of ketones is 1. The smallest absolute Gasteiger partial charge is 0.321 e. The summed E-state index contributed by atoms with van der Waals surface area (Å²) >= 11 is 0.447. The molecule has 17 heteroatoms. The van der Waals surface area contributed by atoms with Crippen molar-refractivity contribution in [1.82, 2.24) is 10.0 Å². The summed E-state index contributed by atoms with van der Waals surface area (Å²) in [5, 5.41) is 26.6. The number of carboxylic acid groups (broad SMARTS) is 1. The molecule has 0 amide bonds. The summed E-state index contributed by atoms with van der Waals surface area (Å²) in [5.41, 5.74) is 6.76. The van der Waals surface area contributed by atoms with Gasteiger partial charge in [0, 0.05) is 50.5 Å². The van der Waals surface area contributed by atoms with Crippen LogP contribution in [0.25, 0.3) is 32.3 Å². The Kier molecular flexibility index (Phi) is 10.7. The number of hydrogen-bond acceptors (Lipinski definition) is 12. The molecular formula is C28H31N3O11S3. The van der Waals surface area contributed by atoms with Gasteiger partial charge < -0.3 is 16.2 Å². The van der Waals surface area contributed by atoms with Crippen LogP contribution in [0, 0.1) is 0 Å². The Labute approximate surface area is 262 Å². The first kappa shape index (κ1) is 34.5. The second-order valence-corrected chi connectivity index (χ2v) is 14.1. The first-order valence-corrected chi connectivity index (χ1v) is 17.1. The molecule has 4 aromatic carbocycles. The number of hydrogen-bond donors (Lipinski definition) is 6. The number of unbranched alkanes of at least 4 members (excludes halogenated alkanes) is 1. The predicted octanol–water partition coefficient (Wildman–Crippen LogP) is 3.87. The van der Waals surface area contributed by atoms with Crippen LogP contribution in [0.4, 0.5) is 5.69 Å². The maximum Gasteiger partial charge on any atom is 0.321 e. The fourth-order valence-corrected chi connectivity index (χ4v) is 7.88. The Bertz CT molecular complexity index is 2000. The molecule has 0 bridgehead atoms. The molecule has 0 saturated heterocycles. The van der Waals surface area contributed by atoms with Crippen molar-refractivity contribution >= 4 is 81.9 Å². The van der Waals surface area contributed by atoms with Crippen LogP contribution in [-0.4, -0.2) is 62.6 Å². The normalized spacial score (nSPS) is 13.1. The molecule has 0 aliphatic rings.